The summed E-state index contributed by atoms with van der Waals surface area (Å²) in [5, 5.41) is 9.80. The van der Waals surface area contributed by atoms with Gasteiger partial charge in [-0.2, -0.15) is 0 Å². The summed E-state index contributed by atoms with van der Waals surface area (Å²) in [6, 6.07) is 4.44. The summed E-state index contributed by atoms with van der Waals surface area (Å²) in [5.41, 5.74) is 0.932. The SMILES string of the molecule is Cc1ccc(F)c(C(=O)N2CC(O)CC2CN(C)C)c1. The standard InChI is InChI=1S/C15H21FN2O2/c1-10-4-5-14(16)13(6-10)15(20)18-9-12(19)7-11(18)8-17(2)3/h4-6,11-12,19H,7-9H2,1-3H3. The van der Waals surface area contributed by atoms with Crippen molar-refractivity contribution in [1.82, 2.24) is 9.80 Å². The second-order valence-corrected chi connectivity index (χ2v) is 5.75. The molecule has 110 valence electrons. The molecule has 2 atom stereocenters. The monoisotopic (exact) mass is 280 g/mol. The molecule has 1 aromatic rings. The summed E-state index contributed by atoms with van der Waals surface area (Å²) in [5.74, 6) is -0.847. The molecular formula is C15H21FN2O2. The maximum absolute atomic E-state index is 13.8. The van der Waals surface area contributed by atoms with E-state index in [0.29, 0.717) is 13.0 Å². The summed E-state index contributed by atoms with van der Waals surface area (Å²) in [6.07, 6.45) is 0.00827. The van der Waals surface area contributed by atoms with Gasteiger partial charge in [-0.05, 0) is 39.6 Å². The number of carbonyl (C=O) groups excluding carboxylic acids is 1. The third-order valence-corrected chi connectivity index (χ3v) is 3.58. The Morgan fingerprint density at radius 3 is 2.85 bits per heavy atom. The number of likely N-dealkylation sites (tertiary alicyclic amines) is 1. The Morgan fingerprint density at radius 2 is 2.20 bits per heavy atom. The Morgan fingerprint density at radius 1 is 1.50 bits per heavy atom. The Bertz CT molecular complexity index is 505. The molecule has 1 saturated heterocycles. The highest BCUT2D eigenvalue weighted by Crippen LogP contribution is 2.22. The van der Waals surface area contributed by atoms with Gasteiger partial charge in [0.05, 0.1) is 11.7 Å². The first-order valence-electron chi connectivity index (χ1n) is 6.78. The minimum atomic E-state index is -0.531. The number of amides is 1. The maximum atomic E-state index is 13.8. The molecule has 1 fully saturated rings. The molecule has 1 amide bonds. The lowest BCUT2D eigenvalue weighted by molar-refractivity contribution is 0.0694. The van der Waals surface area contributed by atoms with Crippen LogP contribution in [0.3, 0.4) is 0 Å². The van der Waals surface area contributed by atoms with Gasteiger partial charge < -0.3 is 14.9 Å². The van der Waals surface area contributed by atoms with E-state index in [1.165, 1.54) is 6.07 Å². The van der Waals surface area contributed by atoms with Gasteiger partial charge in [-0.1, -0.05) is 11.6 Å². The highest BCUT2D eigenvalue weighted by atomic mass is 19.1. The number of rotatable bonds is 3. The van der Waals surface area contributed by atoms with Crippen LogP contribution in [0.1, 0.15) is 22.3 Å². The Labute approximate surface area is 118 Å². The van der Waals surface area contributed by atoms with Crippen LogP contribution >= 0.6 is 0 Å². The molecule has 0 aliphatic carbocycles. The number of benzene rings is 1. The van der Waals surface area contributed by atoms with Crippen LogP contribution in [0.5, 0.6) is 0 Å². The van der Waals surface area contributed by atoms with Gasteiger partial charge >= 0.3 is 0 Å². The van der Waals surface area contributed by atoms with Gasteiger partial charge in [0.15, 0.2) is 0 Å². The zero-order valence-electron chi connectivity index (χ0n) is 12.1. The van der Waals surface area contributed by atoms with E-state index >= 15 is 0 Å². The van der Waals surface area contributed by atoms with Crippen LogP contribution in [-0.2, 0) is 0 Å². The number of halogens is 1. The van der Waals surface area contributed by atoms with Crippen molar-refractivity contribution in [2.45, 2.75) is 25.5 Å². The second-order valence-electron chi connectivity index (χ2n) is 5.75. The summed E-state index contributed by atoms with van der Waals surface area (Å²) >= 11 is 0. The van der Waals surface area contributed by atoms with Gasteiger partial charge in [-0.25, -0.2) is 4.39 Å². The first-order valence-corrected chi connectivity index (χ1v) is 6.78. The second kappa shape index (κ2) is 5.89. The molecule has 20 heavy (non-hydrogen) atoms. The van der Waals surface area contributed by atoms with Gasteiger partial charge in [0.2, 0.25) is 0 Å². The van der Waals surface area contributed by atoms with E-state index in [2.05, 4.69) is 0 Å². The van der Waals surface area contributed by atoms with Crippen molar-refractivity contribution in [2.75, 3.05) is 27.2 Å². The Kier molecular flexibility index (Phi) is 4.40. The fraction of sp³-hybridized carbons (Fsp3) is 0.533. The van der Waals surface area contributed by atoms with Crippen molar-refractivity contribution in [3.05, 3.63) is 35.1 Å². The van der Waals surface area contributed by atoms with Crippen LogP contribution in [0.15, 0.2) is 18.2 Å². The zero-order valence-corrected chi connectivity index (χ0v) is 12.1. The predicted octanol–water partition coefficient (Wildman–Crippen LogP) is 1.27. The van der Waals surface area contributed by atoms with Crippen LogP contribution in [0.2, 0.25) is 0 Å². The number of hydrogen-bond donors (Lipinski definition) is 1. The molecule has 1 aromatic carbocycles. The lowest BCUT2D eigenvalue weighted by atomic mass is 10.1. The van der Waals surface area contributed by atoms with Gasteiger partial charge in [-0.15, -0.1) is 0 Å². The van der Waals surface area contributed by atoms with Gasteiger partial charge in [0.25, 0.3) is 5.91 Å². The molecule has 0 spiro atoms. The summed E-state index contributed by atoms with van der Waals surface area (Å²) in [7, 11) is 3.83. The molecule has 1 aliphatic rings. The fourth-order valence-corrected chi connectivity index (χ4v) is 2.69. The molecular weight excluding hydrogens is 259 g/mol. The molecule has 0 saturated carbocycles. The van der Waals surface area contributed by atoms with Crippen molar-refractivity contribution in [2.24, 2.45) is 0 Å². The summed E-state index contributed by atoms with van der Waals surface area (Å²) in [4.78, 5) is 16.1. The Hall–Kier alpha value is -1.46. The van der Waals surface area contributed by atoms with E-state index in [0.717, 1.165) is 5.56 Å². The number of carbonyl (C=O) groups is 1. The molecule has 2 unspecified atom stereocenters. The average molecular weight is 280 g/mol. The first kappa shape index (κ1) is 14.9. The lowest BCUT2D eigenvalue weighted by Crippen LogP contribution is -2.41. The van der Waals surface area contributed by atoms with E-state index in [9.17, 15) is 14.3 Å². The number of aliphatic hydroxyl groups is 1. The van der Waals surface area contributed by atoms with Gasteiger partial charge in [0, 0.05) is 19.1 Å². The molecule has 0 bridgehead atoms. The predicted molar refractivity (Wildman–Crippen MR) is 75.1 cm³/mol. The minimum absolute atomic E-state index is 0.0765. The van der Waals surface area contributed by atoms with Crippen LogP contribution in [0, 0.1) is 12.7 Å². The molecule has 0 aromatic heterocycles. The van der Waals surface area contributed by atoms with E-state index < -0.39 is 11.9 Å². The van der Waals surface area contributed by atoms with Crippen LogP contribution in [0.25, 0.3) is 0 Å². The Balaban J connectivity index is 2.24. The summed E-state index contributed by atoms with van der Waals surface area (Å²) < 4.78 is 13.8. The van der Waals surface area contributed by atoms with Crippen LogP contribution < -0.4 is 0 Å². The fourth-order valence-electron chi connectivity index (χ4n) is 2.69. The number of β-amino-alcohol motifs (C(OH)–C–C–N with tert-alkyl or cyclic N) is 1. The molecule has 1 heterocycles. The smallest absolute Gasteiger partial charge is 0.257 e. The summed E-state index contributed by atoms with van der Waals surface area (Å²) in [6.45, 7) is 2.76. The number of hydrogen-bond acceptors (Lipinski definition) is 3. The average Bonchev–Trinajstić information content (AvgIpc) is 2.71. The van der Waals surface area contributed by atoms with Crippen molar-refractivity contribution in [3.8, 4) is 0 Å². The number of aliphatic hydroxyl groups excluding tert-OH is 1. The van der Waals surface area contributed by atoms with Crippen molar-refractivity contribution in [3.63, 3.8) is 0 Å². The molecule has 1 aliphatic heterocycles. The number of nitrogens with zero attached hydrogens (tertiary/aromatic N) is 2. The van der Waals surface area contributed by atoms with Crippen LogP contribution in [0.4, 0.5) is 4.39 Å². The lowest BCUT2D eigenvalue weighted by Gasteiger charge is -2.27. The molecule has 5 heteroatoms. The first-order chi connectivity index (χ1) is 9.38. The van der Waals surface area contributed by atoms with E-state index in [1.807, 2.05) is 25.9 Å². The van der Waals surface area contributed by atoms with Gasteiger partial charge in [0.1, 0.15) is 5.82 Å². The molecule has 2 rings (SSSR count). The van der Waals surface area contributed by atoms with E-state index in [4.69, 9.17) is 0 Å². The van der Waals surface area contributed by atoms with Crippen molar-refractivity contribution >= 4 is 5.91 Å². The van der Waals surface area contributed by atoms with Crippen molar-refractivity contribution in [1.29, 1.82) is 0 Å². The third-order valence-electron chi connectivity index (χ3n) is 3.58. The van der Waals surface area contributed by atoms with E-state index in [-0.39, 0.29) is 24.1 Å². The largest absolute Gasteiger partial charge is 0.391 e. The minimum Gasteiger partial charge on any atom is -0.391 e. The molecule has 1 N–H and O–H groups in total. The third kappa shape index (κ3) is 3.16. The highest BCUT2D eigenvalue weighted by Gasteiger charge is 2.35. The van der Waals surface area contributed by atoms with Crippen molar-refractivity contribution < 1.29 is 14.3 Å². The maximum Gasteiger partial charge on any atom is 0.257 e. The molecule has 0 radical (unpaired) electrons. The molecule has 4 nitrogen and oxygen atoms in total. The number of aryl methyl sites for hydroxylation is 1. The van der Waals surface area contributed by atoms with Crippen LogP contribution in [-0.4, -0.2) is 60.1 Å². The van der Waals surface area contributed by atoms with E-state index in [1.54, 1.807) is 17.0 Å². The number of likely N-dealkylation sites (N-methyl/N-ethyl adjacent to an activating group) is 1. The quantitative estimate of drug-likeness (QED) is 0.907. The highest BCUT2D eigenvalue weighted by molar-refractivity contribution is 5.95. The van der Waals surface area contributed by atoms with Gasteiger partial charge in [-0.3, -0.25) is 4.79 Å². The zero-order chi connectivity index (χ0) is 14.9. The topological polar surface area (TPSA) is 43.8 Å². The normalized spacial score (nSPS) is 22.6.